The predicted octanol–water partition coefficient (Wildman–Crippen LogP) is 1.73. The second kappa shape index (κ2) is 5.46. The number of nitrogens with one attached hydrogen (secondary N) is 1. The van der Waals surface area contributed by atoms with Crippen LogP contribution in [0.5, 0.6) is 0 Å². The Bertz CT molecular complexity index is 634. The van der Waals surface area contributed by atoms with Crippen LogP contribution in [0.25, 0.3) is 10.9 Å². The molecule has 0 bridgehead atoms. The Hall–Kier alpha value is -2.14. The molecule has 0 aliphatic carbocycles. The molecule has 0 saturated carbocycles. The molecule has 1 fully saturated rings. The summed E-state index contributed by atoms with van der Waals surface area (Å²) in [5.74, 6) is -0.982. The highest BCUT2D eigenvalue weighted by atomic mass is 16.4. The van der Waals surface area contributed by atoms with E-state index in [1.807, 2.05) is 24.3 Å². The van der Waals surface area contributed by atoms with E-state index in [1.54, 1.807) is 6.07 Å². The van der Waals surface area contributed by atoms with Crippen molar-refractivity contribution in [1.29, 1.82) is 0 Å². The van der Waals surface area contributed by atoms with Gasteiger partial charge in [-0.15, -0.1) is 0 Å². The van der Waals surface area contributed by atoms with E-state index in [2.05, 4.69) is 15.2 Å². The highest BCUT2D eigenvalue weighted by Crippen LogP contribution is 2.27. The van der Waals surface area contributed by atoms with Gasteiger partial charge in [0, 0.05) is 30.7 Å². The van der Waals surface area contributed by atoms with E-state index in [0.717, 1.165) is 49.2 Å². The van der Waals surface area contributed by atoms with Gasteiger partial charge < -0.3 is 15.3 Å². The normalized spacial score (nSPS) is 16.1. The van der Waals surface area contributed by atoms with Crippen LogP contribution in [0.4, 0.5) is 5.69 Å². The molecule has 2 heterocycles. The van der Waals surface area contributed by atoms with Crippen molar-refractivity contribution in [3.63, 3.8) is 0 Å². The molecule has 0 spiro atoms. The lowest BCUT2D eigenvalue weighted by atomic mass is 10.1. The predicted molar refractivity (Wildman–Crippen MR) is 78.4 cm³/mol. The number of para-hydroxylation sites is 1. The Morgan fingerprint density at radius 2 is 2.10 bits per heavy atom. The van der Waals surface area contributed by atoms with E-state index in [9.17, 15) is 9.90 Å². The lowest BCUT2D eigenvalue weighted by Gasteiger charge is -2.24. The first-order valence-electron chi connectivity index (χ1n) is 6.84. The van der Waals surface area contributed by atoms with Crippen molar-refractivity contribution < 1.29 is 9.90 Å². The maximum absolute atomic E-state index is 11.3. The molecule has 2 N–H and O–H groups in total. The number of aromatic nitrogens is 1. The quantitative estimate of drug-likeness (QED) is 0.871. The molecule has 0 atom stereocenters. The highest BCUT2D eigenvalue weighted by molar-refractivity contribution is 5.97. The Morgan fingerprint density at radius 1 is 1.25 bits per heavy atom. The fourth-order valence-corrected chi connectivity index (χ4v) is 2.61. The van der Waals surface area contributed by atoms with Gasteiger partial charge in [0.2, 0.25) is 0 Å². The van der Waals surface area contributed by atoms with Crippen LogP contribution in [0.1, 0.15) is 16.9 Å². The van der Waals surface area contributed by atoms with Crippen LogP contribution in [0, 0.1) is 0 Å². The minimum absolute atomic E-state index is 0.107. The molecule has 20 heavy (non-hydrogen) atoms. The zero-order chi connectivity index (χ0) is 13.9. The molecular weight excluding hydrogens is 254 g/mol. The molecule has 3 rings (SSSR count). The lowest BCUT2D eigenvalue weighted by Crippen LogP contribution is -2.28. The van der Waals surface area contributed by atoms with Crippen LogP contribution in [0.15, 0.2) is 30.3 Å². The summed E-state index contributed by atoms with van der Waals surface area (Å²) >= 11 is 0. The van der Waals surface area contributed by atoms with Crippen molar-refractivity contribution in [3.8, 4) is 0 Å². The Morgan fingerprint density at radius 3 is 2.95 bits per heavy atom. The molecule has 1 saturated heterocycles. The van der Waals surface area contributed by atoms with Gasteiger partial charge in [0.15, 0.2) is 5.69 Å². The van der Waals surface area contributed by atoms with Crippen molar-refractivity contribution in [2.45, 2.75) is 6.42 Å². The second-order valence-corrected chi connectivity index (χ2v) is 4.94. The lowest BCUT2D eigenvalue weighted by molar-refractivity contribution is 0.0691. The van der Waals surface area contributed by atoms with Crippen molar-refractivity contribution in [3.05, 3.63) is 36.0 Å². The first-order chi connectivity index (χ1) is 9.75. The number of carbonyl (C=O) groups is 1. The van der Waals surface area contributed by atoms with Crippen LogP contribution in [-0.2, 0) is 0 Å². The molecule has 1 aromatic carbocycles. The zero-order valence-corrected chi connectivity index (χ0v) is 11.2. The monoisotopic (exact) mass is 271 g/mol. The molecular formula is C15H17N3O2. The molecule has 0 unspecified atom stereocenters. The number of pyridine rings is 1. The first-order valence-corrected chi connectivity index (χ1v) is 6.84. The summed E-state index contributed by atoms with van der Waals surface area (Å²) in [4.78, 5) is 17.7. The molecule has 1 aliphatic heterocycles. The number of fused-ring (bicyclic) bond motifs is 1. The van der Waals surface area contributed by atoms with E-state index < -0.39 is 5.97 Å². The Labute approximate surface area is 117 Å². The third kappa shape index (κ3) is 2.44. The molecule has 0 amide bonds. The number of rotatable bonds is 2. The van der Waals surface area contributed by atoms with E-state index >= 15 is 0 Å². The van der Waals surface area contributed by atoms with Crippen molar-refractivity contribution >= 4 is 22.6 Å². The molecule has 1 aliphatic rings. The summed E-state index contributed by atoms with van der Waals surface area (Å²) in [7, 11) is 0. The standard InChI is InChI=1S/C15H17N3O2/c19-15(20)13-10-14(18-8-3-6-16-7-9-18)11-4-1-2-5-12(11)17-13/h1-2,4-5,10,16H,3,6-9H2,(H,19,20). The van der Waals surface area contributed by atoms with Crippen molar-refractivity contribution in [2.24, 2.45) is 0 Å². The number of hydrogen-bond donors (Lipinski definition) is 2. The summed E-state index contributed by atoms with van der Waals surface area (Å²) in [6.07, 6.45) is 1.05. The Kier molecular flexibility index (Phi) is 3.52. The van der Waals surface area contributed by atoms with Gasteiger partial charge >= 0.3 is 5.97 Å². The maximum atomic E-state index is 11.3. The summed E-state index contributed by atoms with van der Waals surface area (Å²) in [6.45, 7) is 3.73. The van der Waals surface area contributed by atoms with Gasteiger partial charge in [-0.25, -0.2) is 9.78 Å². The van der Waals surface area contributed by atoms with Crippen LogP contribution in [0.2, 0.25) is 0 Å². The van der Waals surface area contributed by atoms with Gasteiger partial charge in [0.25, 0.3) is 0 Å². The minimum Gasteiger partial charge on any atom is -0.477 e. The van der Waals surface area contributed by atoms with Crippen LogP contribution in [-0.4, -0.2) is 42.2 Å². The Balaban J connectivity index is 2.13. The number of aromatic carboxylic acids is 1. The van der Waals surface area contributed by atoms with Crippen LogP contribution < -0.4 is 10.2 Å². The fourth-order valence-electron chi connectivity index (χ4n) is 2.61. The molecule has 5 heteroatoms. The number of nitrogens with zero attached hydrogens (tertiary/aromatic N) is 2. The summed E-state index contributed by atoms with van der Waals surface area (Å²) in [6, 6.07) is 9.40. The number of hydrogen-bond acceptors (Lipinski definition) is 4. The number of carboxylic acid groups (broad SMARTS) is 1. The number of anilines is 1. The van der Waals surface area contributed by atoms with Crippen LogP contribution >= 0.6 is 0 Å². The third-order valence-corrected chi connectivity index (χ3v) is 3.59. The molecule has 104 valence electrons. The summed E-state index contributed by atoms with van der Waals surface area (Å²) < 4.78 is 0. The second-order valence-electron chi connectivity index (χ2n) is 4.94. The SMILES string of the molecule is O=C(O)c1cc(N2CCCNCC2)c2ccccc2n1. The molecule has 2 aromatic rings. The highest BCUT2D eigenvalue weighted by Gasteiger charge is 2.16. The van der Waals surface area contributed by atoms with Gasteiger partial charge in [0.1, 0.15) is 0 Å². The van der Waals surface area contributed by atoms with Crippen LogP contribution in [0.3, 0.4) is 0 Å². The average molecular weight is 271 g/mol. The third-order valence-electron chi connectivity index (χ3n) is 3.59. The largest absolute Gasteiger partial charge is 0.477 e. The maximum Gasteiger partial charge on any atom is 0.354 e. The number of benzene rings is 1. The molecule has 0 radical (unpaired) electrons. The summed E-state index contributed by atoms with van der Waals surface area (Å²) in [5.41, 5.74) is 1.81. The van der Waals surface area contributed by atoms with Gasteiger partial charge in [-0.05, 0) is 25.1 Å². The van der Waals surface area contributed by atoms with E-state index in [1.165, 1.54) is 0 Å². The zero-order valence-electron chi connectivity index (χ0n) is 11.2. The number of carboxylic acids is 1. The molecule has 1 aromatic heterocycles. The average Bonchev–Trinajstić information content (AvgIpc) is 2.75. The molecule has 5 nitrogen and oxygen atoms in total. The van der Waals surface area contributed by atoms with Gasteiger partial charge in [-0.2, -0.15) is 0 Å². The smallest absolute Gasteiger partial charge is 0.354 e. The van der Waals surface area contributed by atoms with E-state index in [4.69, 9.17) is 0 Å². The van der Waals surface area contributed by atoms with Gasteiger partial charge in [-0.3, -0.25) is 0 Å². The van der Waals surface area contributed by atoms with Crippen molar-refractivity contribution in [2.75, 3.05) is 31.1 Å². The minimum atomic E-state index is -0.982. The fraction of sp³-hybridized carbons (Fsp3) is 0.333. The topological polar surface area (TPSA) is 65.5 Å². The van der Waals surface area contributed by atoms with Gasteiger partial charge in [0.05, 0.1) is 5.52 Å². The van der Waals surface area contributed by atoms with Gasteiger partial charge in [-0.1, -0.05) is 18.2 Å². The first kappa shape index (κ1) is 12.9. The van der Waals surface area contributed by atoms with Crippen molar-refractivity contribution in [1.82, 2.24) is 10.3 Å². The van der Waals surface area contributed by atoms with E-state index in [0.29, 0.717) is 0 Å². The summed E-state index contributed by atoms with van der Waals surface area (Å²) in [5, 5.41) is 13.6. The van der Waals surface area contributed by atoms with E-state index in [-0.39, 0.29) is 5.69 Å².